The third kappa shape index (κ3) is 9.01. The molecule has 2 rings (SSSR count). The van der Waals surface area contributed by atoms with Crippen LogP contribution < -0.4 is 9.47 Å². The first-order chi connectivity index (χ1) is 13.8. The van der Waals surface area contributed by atoms with Gasteiger partial charge >= 0.3 is 0 Å². The van der Waals surface area contributed by atoms with Gasteiger partial charge in [0.05, 0.1) is 52.9 Å². The monoisotopic (exact) mass is 396 g/mol. The SMILES string of the molecule is CCCCC(=O)c1ccc2c(c1)OCCOCCOCCOCCOCCO2. The van der Waals surface area contributed by atoms with Crippen molar-refractivity contribution in [2.24, 2.45) is 0 Å². The van der Waals surface area contributed by atoms with Crippen molar-refractivity contribution in [3.8, 4) is 11.5 Å². The summed E-state index contributed by atoms with van der Waals surface area (Å²) in [7, 11) is 0. The first kappa shape index (κ1) is 22.6. The summed E-state index contributed by atoms with van der Waals surface area (Å²) in [5.41, 5.74) is 0.639. The van der Waals surface area contributed by atoms with Crippen molar-refractivity contribution in [3.05, 3.63) is 23.8 Å². The molecular weight excluding hydrogens is 364 g/mol. The standard InChI is InChI=1S/C21H32O7/c1-2-3-4-19(22)18-5-6-20-21(17-18)28-16-14-26-12-10-24-8-7-23-9-11-25-13-15-27-20/h5-6,17H,2-4,7-16H2,1H3. The average Bonchev–Trinajstić information content (AvgIpc) is 2.71. The van der Waals surface area contributed by atoms with Crippen molar-refractivity contribution >= 4 is 5.78 Å². The molecule has 0 fully saturated rings. The first-order valence-corrected chi connectivity index (χ1v) is 10.0. The number of hydrogen-bond donors (Lipinski definition) is 0. The molecule has 1 aromatic rings. The molecule has 0 radical (unpaired) electrons. The van der Waals surface area contributed by atoms with Gasteiger partial charge in [0.15, 0.2) is 17.3 Å². The number of ketones is 1. The second-order valence-electron chi connectivity index (χ2n) is 6.33. The zero-order valence-corrected chi connectivity index (χ0v) is 16.8. The molecule has 1 aromatic carbocycles. The van der Waals surface area contributed by atoms with Crippen LogP contribution in [0.1, 0.15) is 36.5 Å². The van der Waals surface area contributed by atoms with Crippen LogP contribution in [0, 0.1) is 0 Å². The lowest BCUT2D eigenvalue weighted by atomic mass is 10.1. The maximum Gasteiger partial charge on any atom is 0.163 e. The van der Waals surface area contributed by atoms with E-state index in [0.717, 1.165) is 12.8 Å². The van der Waals surface area contributed by atoms with Gasteiger partial charge in [-0.15, -0.1) is 0 Å². The molecule has 0 amide bonds. The Morgan fingerprint density at radius 3 is 1.79 bits per heavy atom. The largest absolute Gasteiger partial charge is 0.487 e. The Bertz CT molecular complexity index is 562. The normalized spacial score (nSPS) is 18.0. The molecule has 0 aromatic heterocycles. The molecule has 0 unspecified atom stereocenters. The van der Waals surface area contributed by atoms with Gasteiger partial charge in [-0.25, -0.2) is 0 Å². The van der Waals surface area contributed by atoms with Gasteiger partial charge in [-0.05, 0) is 24.6 Å². The molecule has 1 heterocycles. The molecule has 1 aliphatic rings. The van der Waals surface area contributed by atoms with E-state index >= 15 is 0 Å². The van der Waals surface area contributed by atoms with Crippen LogP contribution in [0.3, 0.4) is 0 Å². The Morgan fingerprint density at radius 1 is 0.750 bits per heavy atom. The highest BCUT2D eigenvalue weighted by Crippen LogP contribution is 2.29. The van der Waals surface area contributed by atoms with Crippen LogP contribution in [-0.2, 0) is 18.9 Å². The summed E-state index contributed by atoms with van der Waals surface area (Å²) in [5.74, 6) is 1.26. The molecular formula is C21H32O7. The summed E-state index contributed by atoms with van der Waals surface area (Å²) >= 11 is 0. The van der Waals surface area contributed by atoms with Crippen LogP contribution in [-0.4, -0.2) is 71.9 Å². The minimum absolute atomic E-state index is 0.115. The molecule has 0 N–H and O–H groups in total. The van der Waals surface area contributed by atoms with Gasteiger partial charge in [0.1, 0.15) is 13.2 Å². The van der Waals surface area contributed by atoms with E-state index in [9.17, 15) is 4.79 Å². The van der Waals surface area contributed by atoms with Crippen LogP contribution in [0.25, 0.3) is 0 Å². The summed E-state index contributed by atoms with van der Waals surface area (Å²) in [4.78, 5) is 12.3. The van der Waals surface area contributed by atoms with Gasteiger partial charge < -0.3 is 28.4 Å². The average molecular weight is 396 g/mol. The van der Waals surface area contributed by atoms with E-state index in [-0.39, 0.29) is 5.78 Å². The van der Waals surface area contributed by atoms with Crippen LogP contribution >= 0.6 is 0 Å². The zero-order valence-electron chi connectivity index (χ0n) is 16.8. The summed E-state index contributed by atoms with van der Waals surface area (Å²) in [6.07, 6.45) is 2.40. The fraction of sp³-hybridized carbons (Fsp3) is 0.667. The van der Waals surface area contributed by atoms with Crippen LogP contribution in [0.4, 0.5) is 0 Å². The molecule has 0 spiro atoms. The Morgan fingerprint density at radius 2 is 1.25 bits per heavy atom. The molecule has 1 aliphatic heterocycles. The second kappa shape index (κ2) is 14.3. The predicted octanol–water partition coefficient (Wildman–Crippen LogP) is 2.90. The van der Waals surface area contributed by atoms with Gasteiger partial charge in [-0.3, -0.25) is 4.79 Å². The molecule has 158 valence electrons. The topological polar surface area (TPSA) is 72.5 Å². The molecule has 0 saturated carbocycles. The minimum atomic E-state index is 0.115. The predicted molar refractivity (Wildman–Crippen MR) is 105 cm³/mol. The molecule has 7 heteroatoms. The Hall–Kier alpha value is -1.67. The lowest BCUT2D eigenvalue weighted by molar-refractivity contribution is -0.00842. The summed E-state index contributed by atoms with van der Waals surface area (Å²) in [6.45, 7) is 6.78. The van der Waals surface area contributed by atoms with Gasteiger partial charge in [0.2, 0.25) is 0 Å². The maximum atomic E-state index is 12.3. The number of hydrogen-bond acceptors (Lipinski definition) is 7. The maximum absolute atomic E-state index is 12.3. The number of carbonyl (C=O) groups excluding carboxylic acids is 1. The number of rotatable bonds is 4. The van der Waals surface area contributed by atoms with E-state index in [1.807, 2.05) is 0 Å². The van der Waals surface area contributed by atoms with E-state index < -0.39 is 0 Å². The Balaban J connectivity index is 1.96. The highest BCUT2D eigenvalue weighted by Gasteiger charge is 2.12. The Labute approximate surface area is 167 Å². The smallest absolute Gasteiger partial charge is 0.163 e. The van der Waals surface area contributed by atoms with Crippen LogP contribution in [0.5, 0.6) is 11.5 Å². The number of benzene rings is 1. The number of unbranched alkanes of at least 4 members (excludes halogenated alkanes) is 1. The van der Waals surface area contributed by atoms with Crippen molar-refractivity contribution < 1.29 is 33.2 Å². The molecule has 0 saturated heterocycles. The van der Waals surface area contributed by atoms with E-state index in [2.05, 4.69) is 6.92 Å². The van der Waals surface area contributed by atoms with E-state index in [0.29, 0.717) is 89.6 Å². The molecule has 0 bridgehead atoms. The van der Waals surface area contributed by atoms with Crippen LogP contribution in [0.15, 0.2) is 18.2 Å². The minimum Gasteiger partial charge on any atom is -0.487 e. The van der Waals surface area contributed by atoms with E-state index in [4.69, 9.17) is 28.4 Å². The second-order valence-corrected chi connectivity index (χ2v) is 6.33. The summed E-state index contributed by atoms with van der Waals surface area (Å²) in [6, 6.07) is 5.32. The highest BCUT2D eigenvalue weighted by atomic mass is 16.6. The summed E-state index contributed by atoms with van der Waals surface area (Å²) < 4.78 is 33.4. The van der Waals surface area contributed by atoms with Crippen molar-refractivity contribution in [3.63, 3.8) is 0 Å². The van der Waals surface area contributed by atoms with Gasteiger partial charge in [0, 0.05) is 12.0 Å². The number of carbonyl (C=O) groups is 1. The zero-order chi connectivity index (χ0) is 19.9. The van der Waals surface area contributed by atoms with E-state index in [1.54, 1.807) is 18.2 Å². The van der Waals surface area contributed by atoms with Gasteiger partial charge in [0.25, 0.3) is 0 Å². The third-order valence-electron chi connectivity index (χ3n) is 4.11. The van der Waals surface area contributed by atoms with Crippen molar-refractivity contribution in [2.75, 3.05) is 66.1 Å². The molecule has 28 heavy (non-hydrogen) atoms. The first-order valence-electron chi connectivity index (χ1n) is 10.0. The van der Waals surface area contributed by atoms with Crippen molar-refractivity contribution in [2.45, 2.75) is 26.2 Å². The molecule has 0 aliphatic carbocycles. The lowest BCUT2D eigenvalue weighted by Crippen LogP contribution is -2.16. The van der Waals surface area contributed by atoms with Gasteiger partial charge in [-0.2, -0.15) is 0 Å². The number of ether oxygens (including phenoxy) is 6. The fourth-order valence-corrected chi connectivity index (χ4v) is 2.58. The van der Waals surface area contributed by atoms with Crippen LogP contribution in [0.2, 0.25) is 0 Å². The third-order valence-corrected chi connectivity index (χ3v) is 4.11. The van der Waals surface area contributed by atoms with E-state index in [1.165, 1.54) is 0 Å². The molecule has 7 nitrogen and oxygen atoms in total. The van der Waals surface area contributed by atoms with Crippen molar-refractivity contribution in [1.82, 2.24) is 0 Å². The van der Waals surface area contributed by atoms with Gasteiger partial charge in [-0.1, -0.05) is 13.3 Å². The quantitative estimate of drug-likeness (QED) is 0.725. The fourth-order valence-electron chi connectivity index (χ4n) is 2.58. The molecule has 0 atom stereocenters. The number of Topliss-reactive ketones (excluding diaryl/α,β-unsaturated/α-hetero) is 1. The van der Waals surface area contributed by atoms with Crippen molar-refractivity contribution in [1.29, 1.82) is 0 Å². The lowest BCUT2D eigenvalue weighted by Gasteiger charge is -2.15. The highest BCUT2D eigenvalue weighted by molar-refractivity contribution is 5.96. The Kier molecular flexibility index (Phi) is 11.6. The number of fused-ring (bicyclic) bond motifs is 1. The summed E-state index contributed by atoms with van der Waals surface area (Å²) in [5, 5.41) is 0.